The molecule has 0 saturated carbocycles. The van der Waals surface area contributed by atoms with Crippen molar-refractivity contribution in [3.8, 4) is 0 Å². The van der Waals surface area contributed by atoms with Gasteiger partial charge < -0.3 is 4.74 Å². The van der Waals surface area contributed by atoms with E-state index >= 15 is 0 Å². The van der Waals surface area contributed by atoms with Gasteiger partial charge in [0.2, 0.25) is 0 Å². The predicted octanol–water partition coefficient (Wildman–Crippen LogP) is 4.28. The first-order valence-corrected chi connectivity index (χ1v) is 9.21. The molecule has 1 aromatic carbocycles. The van der Waals surface area contributed by atoms with Crippen LogP contribution in [0.25, 0.3) is 10.2 Å². The maximum absolute atomic E-state index is 11.8. The lowest BCUT2D eigenvalue weighted by atomic mass is 10.2. The van der Waals surface area contributed by atoms with Gasteiger partial charge in [-0.25, -0.2) is 9.78 Å². The average Bonchev–Trinajstić information content (AvgIpc) is 3.02. The van der Waals surface area contributed by atoms with Crippen LogP contribution >= 0.6 is 45.5 Å². The van der Waals surface area contributed by atoms with Crippen LogP contribution in [-0.2, 0) is 11.3 Å². The molecule has 0 fully saturated rings. The van der Waals surface area contributed by atoms with Crippen LogP contribution in [0.3, 0.4) is 0 Å². The molecule has 0 bridgehead atoms. The lowest BCUT2D eigenvalue weighted by Crippen LogP contribution is -2.08. The summed E-state index contributed by atoms with van der Waals surface area (Å²) in [5.41, 5.74) is 3.10. The summed E-state index contributed by atoms with van der Waals surface area (Å²) in [5, 5.41) is 5.01. The number of nitrogens with zero attached hydrogens (tertiary/aromatic N) is 3. The van der Waals surface area contributed by atoms with E-state index in [9.17, 15) is 4.79 Å². The first-order chi connectivity index (χ1) is 11.0. The fourth-order valence-corrected chi connectivity index (χ4v) is 4.33. The number of aromatic nitrogens is 3. The van der Waals surface area contributed by atoms with Gasteiger partial charge in [0.25, 0.3) is 0 Å². The Morgan fingerprint density at radius 1 is 1.43 bits per heavy atom. The van der Waals surface area contributed by atoms with Gasteiger partial charge in [0.1, 0.15) is 0 Å². The van der Waals surface area contributed by atoms with Crippen molar-refractivity contribution in [2.75, 3.05) is 6.61 Å². The van der Waals surface area contributed by atoms with Crippen molar-refractivity contribution in [1.29, 1.82) is 0 Å². The summed E-state index contributed by atoms with van der Waals surface area (Å²) in [6, 6.07) is 5.54. The van der Waals surface area contributed by atoms with Crippen LogP contribution in [0.2, 0.25) is 5.02 Å². The first kappa shape index (κ1) is 16.7. The molecule has 2 aromatic heterocycles. The molecule has 0 unspecified atom stereocenters. The third-order valence-electron chi connectivity index (χ3n) is 3.30. The van der Waals surface area contributed by atoms with Gasteiger partial charge in [-0.05, 0) is 54.6 Å². The largest absolute Gasteiger partial charge is 0.461 e. The molecule has 8 heteroatoms. The quantitative estimate of drug-likeness (QED) is 0.430. The maximum atomic E-state index is 11.8. The molecule has 23 heavy (non-hydrogen) atoms. The molecule has 0 aliphatic heterocycles. The van der Waals surface area contributed by atoms with Crippen LogP contribution in [0.4, 0.5) is 0 Å². The molecule has 0 atom stereocenters. The fourth-order valence-electron chi connectivity index (χ4n) is 2.29. The van der Waals surface area contributed by atoms with Gasteiger partial charge in [0.05, 0.1) is 23.4 Å². The summed E-state index contributed by atoms with van der Waals surface area (Å²) in [6.07, 6.45) is 0. The third-order valence-corrected chi connectivity index (χ3v) is 5.21. The van der Waals surface area contributed by atoms with Crippen molar-refractivity contribution in [3.63, 3.8) is 0 Å². The highest BCUT2D eigenvalue weighted by molar-refractivity contribution is 14.1. The molecular weight excluding hydrogens is 449 g/mol. The molecule has 0 aliphatic rings. The highest BCUT2D eigenvalue weighted by atomic mass is 127. The van der Waals surface area contributed by atoms with Crippen LogP contribution in [0.15, 0.2) is 18.2 Å². The number of aryl methyl sites for hydroxylation is 1. The van der Waals surface area contributed by atoms with E-state index in [1.54, 1.807) is 29.0 Å². The van der Waals surface area contributed by atoms with Crippen molar-refractivity contribution in [2.45, 2.75) is 20.4 Å². The molecule has 2 heterocycles. The van der Waals surface area contributed by atoms with E-state index in [1.165, 1.54) is 0 Å². The highest BCUT2D eigenvalue weighted by Gasteiger charge is 2.15. The molecule has 0 amide bonds. The van der Waals surface area contributed by atoms with E-state index in [1.807, 2.05) is 19.1 Å². The Kier molecular flexibility index (Phi) is 4.88. The monoisotopic (exact) mass is 461 g/mol. The van der Waals surface area contributed by atoms with Crippen LogP contribution < -0.4 is 0 Å². The van der Waals surface area contributed by atoms with Crippen LogP contribution in [0.1, 0.15) is 28.7 Å². The van der Waals surface area contributed by atoms with Gasteiger partial charge in [-0.1, -0.05) is 11.6 Å². The summed E-state index contributed by atoms with van der Waals surface area (Å²) in [4.78, 5) is 16.4. The molecule has 0 N–H and O–H groups in total. The van der Waals surface area contributed by atoms with Crippen LogP contribution in [0, 0.1) is 9.94 Å². The van der Waals surface area contributed by atoms with Gasteiger partial charge >= 0.3 is 5.97 Å². The fraction of sp³-hybridized carbons (Fsp3) is 0.267. The molecular formula is C15H13ClIN3O2S. The Bertz CT molecular complexity index is 890. The van der Waals surface area contributed by atoms with Crippen molar-refractivity contribution < 1.29 is 9.53 Å². The average molecular weight is 462 g/mol. The van der Waals surface area contributed by atoms with Crippen molar-refractivity contribution in [3.05, 3.63) is 43.2 Å². The number of esters is 1. The Morgan fingerprint density at radius 3 is 2.96 bits per heavy atom. The topological polar surface area (TPSA) is 57.0 Å². The minimum Gasteiger partial charge on any atom is -0.461 e. The highest BCUT2D eigenvalue weighted by Crippen LogP contribution is 2.30. The second-order valence-electron chi connectivity index (χ2n) is 4.93. The number of rotatable bonds is 4. The van der Waals surface area contributed by atoms with E-state index in [-0.39, 0.29) is 0 Å². The van der Waals surface area contributed by atoms with E-state index in [0.29, 0.717) is 23.9 Å². The van der Waals surface area contributed by atoms with Crippen molar-refractivity contribution >= 4 is 61.7 Å². The number of carbonyl (C=O) groups excluding carboxylic acids is 1. The molecule has 0 aliphatic carbocycles. The van der Waals surface area contributed by atoms with Gasteiger partial charge in [-0.2, -0.15) is 5.10 Å². The van der Waals surface area contributed by atoms with E-state index in [4.69, 9.17) is 16.3 Å². The summed E-state index contributed by atoms with van der Waals surface area (Å²) < 4.78 is 8.77. The smallest absolute Gasteiger partial charge is 0.358 e. The lowest BCUT2D eigenvalue weighted by Gasteiger charge is -2.06. The Hall–Kier alpha value is -1.19. The molecule has 3 aromatic rings. The van der Waals surface area contributed by atoms with E-state index in [2.05, 4.69) is 32.7 Å². The second kappa shape index (κ2) is 6.74. The van der Waals surface area contributed by atoms with Crippen molar-refractivity contribution in [1.82, 2.24) is 14.8 Å². The number of ether oxygens (including phenoxy) is 1. The van der Waals surface area contributed by atoms with Gasteiger partial charge in [0, 0.05) is 16.3 Å². The van der Waals surface area contributed by atoms with E-state index < -0.39 is 5.97 Å². The predicted molar refractivity (Wildman–Crippen MR) is 99.4 cm³/mol. The first-order valence-electron chi connectivity index (χ1n) is 6.94. The number of fused-ring (bicyclic) bond motifs is 1. The molecule has 5 nitrogen and oxygen atoms in total. The summed E-state index contributed by atoms with van der Waals surface area (Å²) in [6.45, 7) is 4.51. The summed E-state index contributed by atoms with van der Waals surface area (Å²) in [5.74, 6) is -0.409. The number of hydrogen-bond acceptors (Lipinski definition) is 5. The number of thiazole rings is 1. The molecule has 120 valence electrons. The van der Waals surface area contributed by atoms with Gasteiger partial charge in [0.15, 0.2) is 8.71 Å². The third kappa shape index (κ3) is 3.51. The Morgan fingerprint density at radius 2 is 2.22 bits per heavy atom. The zero-order chi connectivity index (χ0) is 16.6. The number of hydrogen-bond donors (Lipinski definition) is 0. The standard InChI is InChI=1S/C15H13ClIN3O2S/c1-3-22-14(21)11-4-8(2)20(19-11)7-9-5-10(16)6-12-13(9)18-15(17)23-12/h4-6H,3,7H2,1-2H3. The van der Waals surface area contributed by atoms with Crippen LogP contribution in [-0.4, -0.2) is 27.3 Å². The van der Waals surface area contributed by atoms with Gasteiger partial charge in [-0.15, -0.1) is 11.3 Å². The Labute approximate surface area is 155 Å². The summed E-state index contributed by atoms with van der Waals surface area (Å²) in [7, 11) is 0. The molecule has 0 spiro atoms. The van der Waals surface area contributed by atoms with Crippen molar-refractivity contribution in [2.24, 2.45) is 0 Å². The molecule has 0 saturated heterocycles. The molecule has 0 radical (unpaired) electrons. The zero-order valence-corrected chi connectivity index (χ0v) is 16.2. The van der Waals surface area contributed by atoms with Gasteiger partial charge in [-0.3, -0.25) is 4.68 Å². The minimum atomic E-state index is -0.409. The maximum Gasteiger partial charge on any atom is 0.358 e. The number of benzene rings is 1. The zero-order valence-electron chi connectivity index (χ0n) is 12.5. The SMILES string of the molecule is CCOC(=O)c1cc(C)n(Cc2cc(Cl)cc3sc(I)nc23)n1. The number of halogens is 2. The lowest BCUT2D eigenvalue weighted by molar-refractivity contribution is 0.0518. The van der Waals surface area contributed by atoms with Crippen LogP contribution in [0.5, 0.6) is 0 Å². The molecule has 3 rings (SSSR count). The summed E-state index contributed by atoms with van der Waals surface area (Å²) >= 11 is 10.0. The second-order valence-corrected chi connectivity index (χ2v) is 8.15. The number of carbonyl (C=O) groups is 1. The Balaban J connectivity index is 1.98. The van der Waals surface area contributed by atoms with E-state index in [0.717, 1.165) is 24.5 Å². The normalized spacial score (nSPS) is 11.1. The minimum absolute atomic E-state index is 0.315.